The van der Waals surface area contributed by atoms with Crippen LogP contribution in [0.15, 0.2) is 22.7 Å². The summed E-state index contributed by atoms with van der Waals surface area (Å²) in [6.45, 7) is 7.55. The number of hydrogen-bond donors (Lipinski definition) is 0. The number of rotatable bonds is 3. The number of amides is 1. The first-order valence-electron chi connectivity index (χ1n) is 7.01. The zero-order valence-corrected chi connectivity index (χ0v) is 13.5. The highest BCUT2D eigenvalue weighted by molar-refractivity contribution is 9.10. The molecule has 1 aromatic carbocycles. The van der Waals surface area contributed by atoms with E-state index in [-0.39, 0.29) is 11.7 Å². The van der Waals surface area contributed by atoms with E-state index < -0.39 is 0 Å². The van der Waals surface area contributed by atoms with Gasteiger partial charge in [-0.2, -0.15) is 0 Å². The lowest BCUT2D eigenvalue weighted by molar-refractivity contribution is 0.0578. The molecule has 3 nitrogen and oxygen atoms in total. The minimum atomic E-state index is -0.380. The molecule has 5 heteroatoms. The molecule has 0 aliphatic carbocycles. The van der Waals surface area contributed by atoms with Crippen LogP contribution in [-0.4, -0.2) is 47.9 Å². The molecule has 0 radical (unpaired) electrons. The van der Waals surface area contributed by atoms with Gasteiger partial charge in [0.1, 0.15) is 5.82 Å². The van der Waals surface area contributed by atoms with E-state index in [9.17, 15) is 9.18 Å². The molecule has 0 aromatic heterocycles. The molecule has 20 heavy (non-hydrogen) atoms. The quantitative estimate of drug-likeness (QED) is 0.842. The van der Waals surface area contributed by atoms with Gasteiger partial charge < -0.3 is 4.90 Å². The summed E-state index contributed by atoms with van der Waals surface area (Å²) in [4.78, 5) is 16.6. The van der Waals surface area contributed by atoms with E-state index in [2.05, 4.69) is 34.7 Å². The Morgan fingerprint density at radius 3 is 2.60 bits per heavy atom. The van der Waals surface area contributed by atoms with E-state index in [4.69, 9.17) is 0 Å². The second-order valence-electron chi connectivity index (χ2n) is 5.21. The summed E-state index contributed by atoms with van der Waals surface area (Å²) in [6, 6.07) is 4.78. The van der Waals surface area contributed by atoms with Gasteiger partial charge in [0.25, 0.3) is 5.91 Å². The molecule has 0 bridgehead atoms. The Morgan fingerprint density at radius 1 is 1.35 bits per heavy atom. The van der Waals surface area contributed by atoms with Crippen LogP contribution in [-0.2, 0) is 0 Å². The van der Waals surface area contributed by atoms with Gasteiger partial charge in [-0.1, -0.05) is 6.92 Å². The van der Waals surface area contributed by atoms with Gasteiger partial charge in [-0.3, -0.25) is 9.69 Å². The largest absolute Gasteiger partial charge is 0.336 e. The average molecular weight is 343 g/mol. The summed E-state index contributed by atoms with van der Waals surface area (Å²) in [5, 5.41) is 0. The number of halogens is 2. The Bertz CT molecular complexity index is 487. The van der Waals surface area contributed by atoms with Gasteiger partial charge in [-0.05, 0) is 47.5 Å². The molecule has 1 aliphatic rings. The maximum Gasteiger partial charge on any atom is 0.255 e. The van der Waals surface area contributed by atoms with Crippen molar-refractivity contribution in [1.82, 2.24) is 9.80 Å². The second kappa shape index (κ2) is 6.68. The van der Waals surface area contributed by atoms with E-state index in [1.807, 2.05) is 0 Å². The molecule has 2 rings (SSSR count). The first-order chi connectivity index (χ1) is 9.52. The van der Waals surface area contributed by atoms with E-state index in [0.717, 1.165) is 19.5 Å². The van der Waals surface area contributed by atoms with Crippen LogP contribution in [0.3, 0.4) is 0 Å². The number of carbonyl (C=O) groups excluding carboxylic acids is 1. The topological polar surface area (TPSA) is 23.6 Å². The van der Waals surface area contributed by atoms with Gasteiger partial charge >= 0.3 is 0 Å². The summed E-state index contributed by atoms with van der Waals surface area (Å²) in [7, 11) is 0. The third-order valence-corrected chi connectivity index (χ3v) is 4.67. The van der Waals surface area contributed by atoms with E-state index >= 15 is 0 Å². The zero-order valence-electron chi connectivity index (χ0n) is 11.9. The third-order valence-electron chi connectivity index (χ3n) is 3.97. The summed E-state index contributed by atoms with van der Waals surface area (Å²) >= 11 is 3.32. The van der Waals surface area contributed by atoms with Crippen molar-refractivity contribution in [3.63, 3.8) is 0 Å². The molecule has 0 saturated carbocycles. The lowest BCUT2D eigenvalue weighted by atomic mass is 10.1. The predicted octanol–water partition coefficient (Wildman–Crippen LogP) is 3.14. The SMILES string of the molecule is CCC(C)N1CCN(C(=O)c2cc(F)ccc2Br)CC1. The molecule has 1 unspecified atom stereocenters. The monoisotopic (exact) mass is 342 g/mol. The van der Waals surface area contributed by atoms with Crippen molar-refractivity contribution in [3.8, 4) is 0 Å². The number of piperazine rings is 1. The molecule has 1 heterocycles. The molecule has 1 amide bonds. The van der Waals surface area contributed by atoms with Crippen molar-refractivity contribution in [2.24, 2.45) is 0 Å². The molecule has 1 aliphatic heterocycles. The van der Waals surface area contributed by atoms with Crippen molar-refractivity contribution < 1.29 is 9.18 Å². The fraction of sp³-hybridized carbons (Fsp3) is 0.533. The van der Waals surface area contributed by atoms with Crippen molar-refractivity contribution in [2.45, 2.75) is 26.3 Å². The highest BCUT2D eigenvalue weighted by Crippen LogP contribution is 2.20. The van der Waals surface area contributed by atoms with Crippen LogP contribution in [0.1, 0.15) is 30.6 Å². The van der Waals surface area contributed by atoms with Crippen LogP contribution in [0, 0.1) is 5.82 Å². The van der Waals surface area contributed by atoms with Gasteiger partial charge in [0.2, 0.25) is 0 Å². The lowest BCUT2D eigenvalue weighted by Gasteiger charge is -2.38. The summed E-state index contributed by atoms with van der Waals surface area (Å²) < 4.78 is 13.9. The zero-order chi connectivity index (χ0) is 14.7. The molecule has 1 aromatic rings. The van der Waals surface area contributed by atoms with Crippen LogP contribution in [0.2, 0.25) is 0 Å². The maximum absolute atomic E-state index is 13.3. The van der Waals surface area contributed by atoms with Crippen LogP contribution in [0.5, 0.6) is 0 Å². The Kier molecular flexibility index (Phi) is 5.16. The molecule has 1 saturated heterocycles. The fourth-order valence-corrected chi connectivity index (χ4v) is 2.87. The maximum atomic E-state index is 13.3. The van der Waals surface area contributed by atoms with E-state index in [0.29, 0.717) is 29.2 Å². The third kappa shape index (κ3) is 3.38. The standard InChI is InChI=1S/C15H20BrFN2O/c1-3-11(2)18-6-8-19(9-7-18)15(20)13-10-12(17)4-5-14(13)16/h4-5,10-11H,3,6-9H2,1-2H3. The first-order valence-corrected chi connectivity index (χ1v) is 7.80. The van der Waals surface area contributed by atoms with E-state index in [1.54, 1.807) is 11.0 Å². The predicted molar refractivity (Wildman–Crippen MR) is 81.3 cm³/mol. The number of nitrogens with zero attached hydrogens (tertiary/aromatic N) is 2. The molecule has 0 spiro atoms. The average Bonchev–Trinajstić information content (AvgIpc) is 2.48. The van der Waals surface area contributed by atoms with Crippen LogP contribution >= 0.6 is 15.9 Å². The smallest absolute Gasteiger partial charge is 0.255 e. The van der Waals surface area contributed by atoms with Crippen molar-refractivity contribution in [2.75, 3.05) is 26.2 Å². The Balaban J connectivity index is 2.03. The molecular weight excluding hydrogens is 323 g/mol. The van der Waals surface area contributed by atoms with Gasteiger partial charge in [0.05, 0.1) is 5.56 Å². The molecule has 1 fully saturated rings. The van der Waals surface area contributed by atoms with Crippen molar-refractivity contribution in [1.29, 1.82) is 0 Å². The lowest BCUT2D eigenvalue weighted by Crippen LogP contribution is -2.51. The highest BCUT2D eigenvalue weighted by atomic mass is 79.9. The molecule has 0 N–H and O–H groups in total. The Hall–Kier alpha value is -0.940. The number of carbonyl (C=O) groups is 1. The second-order valence-corrected chi connectivity index (χ2v) is 6.06. The number of hydrogen-bond acceptors (Lipinski definition) is 2. The minimum absolute atomic E-state index is 0.0971. The molecular formula is C15H20BrFN2O. The molecule has 1 atom stereocenters. The van der Waals surface area contributed by atoms with Crippen molar-refractivity contribution >= 4 is 21.8 Å². The normalized spacial score (nSPS) is 18.1. The van der Waals surface area contributed by atoms with Gasteiger partial charge in [-0.25, -0.2) is 4.39 Å². The van der Waals surface area contributed by atoms with Gasteiger partial charge in [0.15, 0.2) is 0 Å². The van der Waals surface area contributed by atoms with Crippen LogP contribution in [0.4, 0.5) is 4.39 Å². The van der Waals surface area contributed by atoms with Gasteiger partial charge in [0, 0.05) is 36.7 Å². The number of benzene rings is 1. The summed E-state index contributed by atoms with van der Waals surface area (Å²) in [5.41, 5.74) is 0.405. The summed E-state index contributed by atoms with van der Waals surface area (Å²) in [6.07, 6.45) is 1.11. The highest BCUT2D eigenvalue weighted by Gasteiger charge is 2.25. The van der Waals surface area contributed by atoms with Crippen LogP contribution in [0.25, 0.3) is 0 Å². The van der Waals surface area contributed by atoms with Gasteiger partial charge in [-0.15, -0.1) is 0 Å². The minimum Gasteiger partial charge on any atom is -0.336 e. The fourth-order valence-electron chi connectivity index (χ4n) is 2.46. The Labute approximate surface area is 127 Å². The van der Waals surface area contributed by atoms with Crippen LogP contribution < -0.4 is 0 Å². The Morgan fingerprint density at radius 2 is 2.00 bits per heavy atom. The van der Waals surface area contributed by atoms with E-state index in [1.165, 1.54) is 12.1 Å². The van der Waals surface area contributed by atoms with Crippen molar-refractivity contribution in [3.05, 3.63) is 34.1 Å². The summed E-state index contributed by atoms with van der Waals surface area (Å²) in [5.74, 6) is -0.477. The molecule has 110 valence electrons. The first kappa shape index (κ1) is 15.4.